The Morgan fingerprint density at radius 3 is 2.50 bits per heavy atom. The molecule has 0 aliphatic carbocycles. The van der Waals surface area contributed by atoms with Crippen LogP contribution in [0.3, 0.4) is 0 Å². The molecule has 1 N–H and O–H groups in total. The number of aromatic amines is 1. The number of hydrogen-bond acceptors (Lipinski definition) is 2. The largest absolute Gasteiger partial charge is 0.345 e. The lowest BCUT2D eigenvalue weighted by molar-refractivity contribution is 0.103. The average molecular weight is 369 g/mol. The summed E-state index contributed by atoms with van der Waals surface area (Å²) < 4.78 is 27.4. The van der Waals surface area contributed by atoms with E-state index in [1.54, 1.807) is 24.4 Å². The molecule has 3 nitrogen and oxygen atoms in total. The van der Waals surface area contributed by atoms with Gasteiger partial charge in [-0.3, -0.25) is 4.79 Å². The summed E-state index contributed by atoms with van der Waals surface area (Å²) in [5.74, 6) is -2.05. The molecular weight excluding hydrogens is 358 g/mol. The maximum Gasteiger partial charge on any atom is 0.198 e. The highest BCUT2D eigenvalue weighted by atomic mass is 35.5. The molecule has 0 atom stereocenters. The van der Waals surface area contributed by atoms with Crippen molar-refractivity contribution in [3.8, 4) is 11.1 Å². The van der Waals surface area contributed by atoms with Crippen molar-refractivity contribution in [1.82, 2.24) is 9.97 Å². The molecule has 0 saturated carbocycles. The van der Waals surface area contributed by atoms with Gasteiger partial charge in [0, 0.05) is 33.9 Å². The fourth-order valence-corrected chi connectivity index (χ4v) is 2.93. The molecule has 0 fully saturated rings. The Morgan fingerprint density at radius 2 is 1.73 bits per heavy atom. The number of benzene rings is 2. The van der Waals surface area contributed by atoms with Gasteiger partial charge in [-0.15, -0.1) is 0 Å². The molecule has 0 saturated heterocycles. The van der Waals surface area contributed by atoms with E-state index < -0.39 is 17.4 Å². The Hall–Kier alpha value is -3.05. The Kier molecular flexibility index (Phi) is 4.01. The number of hydrogen-bond donors (Lipinski definition) is 1. The molecule has 4 rings (SSSR count). The van der Waals surface area contributed by atoms with Gasteiger partial charge in [0.1, 0.15) is 17.3 Å². The van der Waals surface area contributed by atoms with Crippen molar-refractivity contribution in [2.75, 3.05) is 0 Å². The third kappa shape index (κ3) is 2.86. The van der Waals surface area contributed by atoms with Crippen LogP contribution in [0.1, 0.15) is 15.9 Å². The van der Waals surface area contributed by atoms with Crippen LogP contribution in [-0.2, 0) is 0 Å². The van der Waals surface area contributed by atoms with Crippen LogP contribution < -0.4 is 0 Å². The van der Waals surface area contributed by atoms with Crippen molar-refractivity contribution in [3.05, 3.63) is 88.7 Å². The van der Waals surface area contributed by atoms with Crippen molar-refractivity contribution >= 4 is 28.4 Å². The Morgan fingerprint density at radius 1 is 0.962 bits per heavy atom. The van der Waals surface area contributed by atoms with E-state index in [0.29, 0.717) is 16.1 Å². The highest BCUT2D eigenvalue weighted by molar-refractivity contribution is 6.30. The Labute approximate surface area is 152 Å². The van der Waals surface area contributed by atoms with Gasteiger partial charge in [-0.05, 0) is 42.0 Å². The molecule has 0 aliphatic rings. The molecule has 2 aromatic carbocycles. The summed E-state index contributed by atoms with van der Waals surface area (Å²) in [4.78, 5) is 19.9. The SMILES string of the molecule is O=C(c1cc(F)ccc1F)c1c[nH]c2ncc(-c3ccc(Cl)cc3)cc12. The van der Waals surface area contributed by atoms with Crippen molar-refractivity contribution in [3.63, 3.8) is 0 Å². The highest BCUT2D eigenvalue weighted by Crippen LogP contribution is 2.27. The summed E-state index contributed by atoms with van der Waals surface area (Å²) in [6.07, 6.45) is 3.12. The van der Waals surface area contributed by atoms with E-state index in [1.165, 1.54) is 6.20 Å². The first-order valence-corrected chi connectivity index (χ1v) is 8.13. The number of carbonyl (C=O) groups excluding carboxylic acids is 1. The smallest absolute Gasteiger partial charge is 0.198 e. The minimum atomic E-state index is -0.771. The average Bonchev–Trinajstić information content (AvgIpc) is 3.07. The number of ketones is 1. The van der Waals surface area contributed by atoms with Gasteiger partial charge in [0.25, 0.3) is 0 Å². The fraction of sp³-hybridized carbons (Fsp3) is 0. The van der Waals surface area contributed by atoms with Gasteiger partial charge in [0.05, 0.1) is 5.56 Å². The molecule has 2 heterocycles. The van der Waals surface area contributed by atoms with Crippen LogP contribution in [0, 0.1) is 11.6 Å². The topological polar surface area (TPSA) is 45.8 Å². The maximum absolute atomic E-state index is 14.0. The van der Waals surface area contributed by atoms with Gasteiger partial charge in [0.15, 0.2) is 5.78 Å². The maximum atomic E-state index is 14.0. The van der Waals surface area contributed by atoms with E-state index in [1.807, 2.05) is 12.1 Å². The summed E-state index contributed by atoms with van der Waals surface area (Å²) in [7, 11) is 0. The molecule has 26 heavy (non-hydrogen) atoms. The number of fused-ring (bicyclic) bond motifs is 1. The molecule has 0 radical (unpaired) electrons. The normalized spacial score (nSPS) is 11.0. The van der Waals surface area contributed by atoms with Gasteiger partial charge >= 0.3 is 0 Å². The number of pyridine rings is 1. The predicted molar refractivity (Wildman–Crippen MR) is 96.3 cm³/mol. The molecule has 0 bridgehead atoms. The molecule has 0 amide bonds. The highest BCUT2D eigenvalue weighted by Gasteiger charge is 2.19. The lowest BCUT2D eigenvalue weighted by Gasteiger charge is -2.04. The third-order valence-electron chi connectivity index (χ3n) is 4.13. The zero-order valence-electron chi connectivity index (χ0n) is 13.3. The monoisotopic (exact) mass is 368 g/mol. The second-order valence-electron chi connectivity index (χ2n) is 5.78. The van der Waals surface area contributed by atoms with Crippen LogP contribution in [0.15, 0.2) is 60.9 Å². The Balaban J connectivity index is 1.83. The molecule has 0 aliphatic heterocycles. The first-order valence-electron chi connectivity index (χ1n) is 7.76. The van der Waals surface area contributed by atoms with Gasteiger partial charge in [-0.1, -0.05) is 23.7 Å². The second-order valence-corrected chi connectivity index (χ2v) is 6.22. The van der Waals surface area contributed by atoms with E-state index in [9.17, 15) is 13.6 Å². The van der Waals surface area contributed by atoms with E-state index in [0.717, 1.165) is 29.3 Å². The van der Waals surface area contributed by atoms with Crippen molar-refractivity contribution in [1.29, 1.82) is 0 Å². The van der Waals surface area contributed by atoms with Crippen LogP contribution in [0.4, 0.5) is 8.78 Å². The molecule has 0 spiro atoms. The quantitative estimate of drug-likeness (QED) is 0.492. The molecular formula is C20H11ClF2N2O. The number of rotatable bonds is 3. The van der Waals surface area contributed by atoms with E-state index in [4.69, 9.17) is 11.6 Å². The number of nitrogens with one attached hydrogen (secondary N) is 1. The summed E-state index contributed by atoms with van der Waals surface area (Å²) in [6.45, 7) is 0. The second kappa shape index (κ2) is 6.35. The number of H-pyrrole nitrogens is 1. The zero-order valence-corrected chi connectivity index (χ0v) is 14.0. The van der Waals surface area contributed by atoms with Crippen LogP contribution in [0.5, 0.6) is 0 Å². The molecule has 4 aromatic rings. The van der Waals surface area contributed by atoms with Gasteiger partial charge in [-0.2, -0.15) is 0 Å². The van der Waals surface area contributed by atoms with Crippen LogP contribution in [0.2, 0.25) is 5.02 Å². The molecule has 128 valence electrons. The van der Waals surface area contributed by atoms with Crippen LogP contribution in [0.25, 0.3) is 22.2 Å². The van der Waals surface area contributed by atoms with Crippen molar-refractivity contribution < 1.29 is 13.6 Å². The summed E-state index contributed by atoms with van der Waals surface area (Å²) in [5, 5.41) is 1.15. The molecule has 2 aromatic heterocycles. The van der Waals surface area contributed by atoms with E-state index in [2.05, 4.69) is 9.97 Å². The predicted octanol–water partition coefficient (Wildman–Crippen LogP) is 5.39. The first kappa shape index (κ1) is 16.4. The molecule has 6 heteroatoms. The number of aromatic nitrogens is 2. The van der Waals surface area contributed by atoms with Crippen LogP contribution >= 0.6 is 11.6 Å². The van der Waals surface area contributed by atoms with Crippen molar-refractivity contribution in [2.24, 2.45) is 0 Å². The third-order valence-corrected chi connectivity index (χ3v) is 4.38. The number of halogens is 3. The summed E-state index contributed by atoms with van der Waals surface area (Å²) >= 11 is 5.91. The standard InChI is InChI=1S/C20H11ClF2N2O/c21-13-3-1-11(2-4-13)12-7-15-17(10-25-20(15)24-9-12)19(26)16-8-14(22)5-6-18(16)23/h1-10H,(H,24,25). The summed E-state index contributed by atoms with van der Waals surface area (Å²) in [5.41, 5.74) is 2.06. The van der Waals surface area contributed by atoms with Gasteiger partial charge in [-0.25, -0.2) is 13.8 Å². The first-order chi connectivity index (χ1) is 12.5. The van der Waals surface area contributed by atoms with Gasteiger partial charge in [0.2, 0.25) is 0 Å². The Bertz CT molecular complexity index is 1140. The lowest BCUT2D eigenvalue weighted by Crippen LogP contribution is -2.04. The number of nitrogens with zero attached hydrogens (tertiary/aromatic N) is 1. The number of carbonyl (C=O) groups is 1. The minimum Gasteiger partial charge on any atom is -0.345 e. The van der Waals surface area contributed by atoms with E-state index in [-0.39, 0.29) is 11.1 Å². The van der Waals surface area contributed by atoms with E-state index >= 15 is 0 Å². The van der Waals surface area contributed by atoms with Gasteiger partial charge < -0.3 is 4.98 Å². The lowest BCUT2D eigenvalue weighted by atomic mass is 10.0. The summed E-state index contributed by atoms with van der Waals surface area (Å²) in [6, 6.07) is 11.8. The molecule has 0 unspecified atom stereocenters. The fourth-order valence-electron chi connectivity index (χ4n) is 2.81. The zero-order chi connectivity index (χ0) is 18.3. The minimum absolute atomic E-state index is 0.229. The van der Waals surface area contributed by atoms with Crippen molar-refractivity contribution in [2.45, 2.75) is 0 Å². The van der Waals surface area contributed by atoms with Crippen LogP contribution in [-0.4, -0.2) is 15.8 Å².